The van der Waals surface area contributed by atoms with E-state index in [9.17, 15) is 4.79 Å². The number of rotatable bonds is 4. The standard InChI is InChI=1S/C18H19ClN2O/c1-13(15-6-4-7-16(19)11-15)20-12-18(22)21-10-9-14-5-2-3-8-17(14)21/h2-8,11,13,20H,9-10,12H2,1H3/t13-/m1/s1. The normalized spacial score (nSPS) is 14.7. The van der Waals surface area contributed by atoms with E-state index < -0.39 is 0 Å². The highest BCUT2D eigenvalue weighted by atomic mass is 35.5. The summed E-state index contributed by atoms with van der Waals surface area (Å²) in [6.07, 6.45) is 0.936. The summed E-state index contributed by atoms with van der Waals surface area (Å²) in [6.45, 7) is 3.13. The van der Waals surface area contributed by atoms with E-state index in [-0.39, 0.29) is 11.9 Å². The van der Waals surface area contributed by atoms with Crippen LogP contribution < -0.4 is 10.2 Å². The Morgan fingerprint density at radius 3 is 2.91 bits per heavy atom. The van der Waals surface area contributed by atoms with Gasteiger partial charge in [-0.1, -0.05) is 41.9 Å². The summed E-state index contributed by atoms with van der Waals surface area (Å²) >= 11 is 6.01. The highest BCUT2D eigenvalue weighted by molar-refractivity contribution is 6.30. The molecule has 0 aromatic heterocycles. The molecule has 1 heterocycles. The van der Waals surface area contributed by atoms with Gasteiger partial charge in [0.2, 0.25) is 5.91 Å². The monoisotopic (exact) mass is 314 g/mol. The molecule has 4 heteroatoms. The van der Waals surface area contributed by atoms with Gasteiger partial charge in [-0.25, -0.2) is 0 Å². The Hall–Kier alpha value is -1.84. The second-order valence-corrected chi connectivity index (χ2v) is 6.02. The molecule has 0 fully saturated rings. The number of fused-ring (bicyclic) bond motifs is 1. The summed E-state index contributed by atoms with van der Waals surface area (Å²) in [5.74, 6) is 0.110. The highest BCUT2D eigenvalue weighted by Crippen LogP contribution is 2.27. The van der Waals surface area contributed by atoms with Crippen LogP contribution >= 0.6 is 11.6 Å². The van der Waals surface area contributed by atoms with Crippen molar-refractivity contribution >= 4 is 23.2 Å². The average Bonchev–Trinajstić information content (AvgIpc) is 2.96. The minimum Gasteiger partial charge on any atom is -0.311 e. The third kappa shape index (κ3) is 3.16. The molecule has 0 saturated carbocycles. The largest absolute Gasteiger partial charge is 0.311 e. The van der Waals surface area contributed by atoms with E-state index >= 15 is 0 Å². The maximum atomic E-state index is 12.4. The molecule has 0 unspecified atom stereocenters. The lowest BCUT2D eigenvalue weighted by atomic mass is 10.1. The van der Waals surface area contributed by atoms with E-state index in [1.165, 1.54) is 5.56 Å². The smallest absolute Gasteiger partial charge is 0.240 e. The molecule has 1 atom stereocenters. The van der Waals surface area contributed by atoms with Gasteiger partial charge >= 0.3 is 0 Å². The number of carbonyl (C=O) groups excluding carboxylic acids is 1. The fraction of sp³-hybridized carbons (Fsp3) is 0.278. The number of para-hydroxylation sites is 1. The van der Waals surface area contributed by atoms with Crippen molar-refractivity contribution in [3.63, 3.8) is 0 Å². The molecule has 2 aromatic carbocycles. The van der Waals surface area contributed by atoms with Gasteiger partial charge in [-0.15, -0.1) is 0 Å². The number of carbonyl (C=O) groups is 1. The molecule has 3 nitrogen and oxygen atoms in total. The van der Waals surface area contributed by atoms with Gasteiger partial charge in [-0.3, -0.25) is 4.79 Å². The van der Waals surface area contributed by atoms with Crippen LogP contribution in [0.25, 0.3) is 0 Å². The van der Waals surface area contributed by atoms with Crippen LogP contribution in [0, 0.1) is 0 Å². The van der Waals surface area contributed by atoms with Crippen LogP contribution in [0.4, 0.5) is 5.69 Å². The van der Waals surface area contributed by atoms with Crippen LogP contribution in [0.15, 0.2) is 48.5 Å². The molecule has 0 spiro atoms. The van der Waals surface area contributed by atoms with Gasteiger partial charge in [-0.05, 0) is 42.7 Å². The first-order chi connectivity index (χ1) is 10.6. The summed E-state index contributed by atoms with van der Waals surface area (Å²) in [5, 5.41) is 4.00. The summed E-state index contributed by atoms with van der Waals surface area (Å²) in [7, 11) is 0. The second kappa shape index (κ2) is 6.51. The summed E-state index contributed by atoms with van der Waals surface area (Å²) in [4.78, 5) is 14.3. The van der Waals surface area contributed by atoms with E-state index in [1.807, 2.05) is 54.3 Å². The number of halogens is 1. The van der Waals surface area contributed by atoms with Gasteiger partial charge in [0, 0.05) is 23.3 Å². The van der Waals surface area contributed by atoms with Crippen LogP contribution in [-0.2, 0) is 11.2 Å². The third-order valence-corrected chi connectivity index (χ3v) is 4.33. The topological polar surface area (TPSA) is 32.3 Å². The van der Waals surface area contributed by atoms with Gasteiger partial charge in [-0.2, -0.15) is 0 Å². The van der Waals surface area contributed by atoms with Gasteiger partial charge in [0.1, 0.15) is 0 Å². The van der Waals surface area contributed by atoms with Crippen molar-refractivity contribution in [2.45, 2.75) is 19.4 Å². The van der Waals surface area contributed by atoms with Crippen LogP contribution in [0.2, 0.25) is 5.02 Å². The van der Waals surface area contributed by atoms with Crippen molar-refractivity contribution in [2.24, 2.45) is 0 Å². The molecule has 1 amide bonds. The Morgan fingerprint density at radius 1 is 1.27 bits per heavy atom. The SMILES string of the molecule is C[C@@H](NCC(=O)N1CCc2ccccc21)c1cccc(Cl)c1. The maximum Gasteiger partial charge on any atom is 0.240 e. The molecule has 0 bridgehead atoms. The molecule has 1 aliphatic rings. The van der Waals surface area contributed by atoms with Crippen LogP contribution in [-0.4, -0.2) is 19.0 Å². The first-order valence-electron chi connectivity index (χ1n) is 7.52. The van der Waals surface area contributed by atoms with Crippen molar-refractivity contribution in [3.05, 3.63) is 64.7 Å². The maximum absolute atomic E-state index is 12.4. The number of hydrogen-bond acceptors (Lipinski definition) is 2. The van der Waals surface area contributed by atoms with Gasteiger partial charge < -0.3 is 10.2 Å². The van der Waals surface area contributed by atoms with E-state index in [1.54, 1.807) is 0 Å². The summed E-state index contributed by atoms with van der Waals surface area (Å²) < 4.78 is 0. The third-order valence-electron chi connectivity index (χ3n) is 4.10. The van der Waals surface area contributed by atoms with Crippen LogP contribution in [0.5, 0.6) is 0 Å². The first-order valence-corrected chi connectivity index (χ1v) is 7.90. The zero-order chi connectivity index (χ0) is 15.5. The molecule has 0 radical (unpaired) electrons. The average molecular weight is 315 g/mol. The van der Waals surface area contributed by atoms with E-state index in [4.69, 9.17) is 11.6 Å². The number of anilines is 1. The Balaban J connectivity index is 1.61. The number of hydrogen-bond donors (Lipinski definition) is 1. The first kappa shape index (κ1) is 15.1. The zero-order valence-corrected chi connectivity index (χ0v) is 13.3. The zero-order valence-electron chi connectivity index (χ0n) is 12.6. The molecule has 0 saturated heterocycles. The predicted octanol–water partition coefficient (Wildman–Crippen LogP) is 3.58. The fourth-order valence-corrected chi connectivity index (χ4v) is 3.03. The minimum absolute atomic E-state index is 0.0838. The number of nitrogens with zero attached hydrogens (tertiary/aromatic N) is 1. The predicted molar refractivity (Wildman–Crippen MR) is 90.4 cm³/mol. The van der Waals surface area contributed by atoms with Crippen molar-refractivity contribution in [3.8, 4) is 0 Å². The van der Waals surface area contributed by atoms with Crippen LogP contribution in [0.1, 0.15) is 24.1 Å². The van der Waals surface area contributed by atoms with Crippen molar-refractivity contribution in [1.82, 2.24) is 5.32 Å². The highest BCUT2D eigenvalue weighted by Gasteiger charge is 2.24. The van der Waals surface area contributed by atoms with Crippen LogP contribution in [0.3, 0.4) is 0 Å². The lowest BCUT2D eigenvalue weighted by Gasteiger charge is -2.20. The van der Waals surface area contributed by atoms with Gasteiger partial charge in [0.15, 0.2) is 0 Å². The Morgan fingerprint density at radius 2 is 2.09 bits per heavy atom. The fourth-order valence-electron chi connectivity index (χ4n) is 2.83. The molecule has 114 valence electrons. The molecule has 2 aromatic rings. The Kier molecular flexibility index (Phi) is 4.46. The Bertz CT molecular complexity index is 686. The number of benzene rings is 2. The number of amides is 1. The molecule has 3 rings (SSSR count). The molecule has 22 heavy (non-hydrogen) atoms. The van der Waals surface area contributed by atoms with Crippen molar-refractivity contribution < 1.29 is 4.79 Å². The minimum atomic E-state index is 0.0838. The molecular formula is C18H19ClN2O. The Labute approximate surface area is 135 Å². The van der Waals surface area contributed by atoms with Crippen molar-refractivity contribution in [2.75, 3.05) is 18.0 Å². The molecular weight excluding hydrogens is 296 g/mol. The van der Waals surface area contributed by atoms with Crippen molar-refractivity contribution in [1.29, 1.82) is 0 Å². The lowest BCUT2D eigenvalue weighted by molar-refractivity contribution is -0.117. The summed E-state index contributed by atoms with van der Waals surface area (Å²) in [6, 6.07) is 15.9. The summed E-state index contributed by atoms with van der Waals surface area (Å²) in [5.41, 5.74) is 3.38. The molecule has 0 aliphatic carbocycles. The molecule has 1 aliphatic heterocycles. The van der Waals surface area contributed by atoms with Gasteiger partial charge in [0.25, 0.3) is 0 Å². The lowest BCUT2D eigenvalue weighted by Crippen LogP contribution is -2.38. The molecule has 1 N–H and O–H groups in total. The quantitative estimate of drug-likeness (QED) is 0.935. The van der Waals surface area contributed by atoms with E-state index in [2.05, 4.69) is 11.4 Å². The number of nitrogens with one attached hydrogen (secondary N) is 1. The second-order valence-electron chi connectivity index (χ2n) is 5.58. The van der Waals surface area contributed by atoms with E-state index in [0.29, 0.717) is 11.6 Å². The van der Waals surface area contributed by atoms with Gasteiger partial charge in [0.05, 0.1) is 6.54 Å². The van der Waals surface area contributed by atoms with E-state index in [0.717, 1.165) is 24.2 Å².